The Morgan fingerprint density at radius 2 is 1.08 bits per heavy atom. The van der Waals surface area contributed by atoms with Gasteiger partial charge in [-0.25, -0.2) is 0 Å². The Morgan fingerprint density at radius 3 is 1.46 bits per heavy atom. The zero-order valence-corrected chi connectivity index (χ0v) is 22.0. The summed E-state index contributed by atoms with van der Waals surface area (Å²) in [6.07, 6.45) is 4.95. The standard InChI is InChI=1S/2C10H9.C2H7Si.2ClH.Hf/c2*1-8-6-9-4-2-3-5-10(9)7-8;1-3-2;;;/h2*2-7H,1H3;3H,1-2H3;2*1H;/q;;;;;+2/p-2. The van der Waals surface area contributed by atoms with Gasteiger partial charge in [-0.1, -0.05) is 0 Å². The van der Waals surface area contributed by atoms with Crippen molar-refractivity contribution in [1.29, 1.82) is 0 Å². The largest absolute Gasteiger partial charge is 1.00 e. The zero-order valence-electron chi connectivity index (χ0n) is 15.8. The minimum atomic E-state index is -1.93. The van der Waals surface area contributed by atoms with E-state index in [1.807, 2.05) is 0 Å². The van der Waals surface area contributed by atoms with Crippen LogP contribution in [0.5, 0.6) is 0 Å². The molecule has 0 spiro atoms. The summed E-state index contributed by atoms with van der Waals surface area (Å²) in [5, 5.41) is 0. The minimum absolute atomic E-state index is 0. The third-order valence-electron chi connectivity index (χ3n) is 5.62. The van der Waals surface area contributed by atoms with E-state index >= 15 is 0 Å². The topological polar surface area (TPSA) is 0 Å². The molecule has 0 bridgehead atoms. The Kier molecular flexibility index (Phi) is 7.35. The van der Waals surface area contributed by atoms with Gasteiger partial charge in [0.05, 0.1) is 0 Å². The van der Waals surface area contributed by atoms with Crippen molar-refractivity contribution in [1.82, 2.24) is 0 Å². The van der Waals surface area contributed by atoms with E-state index in [1.165, 1.54) is 11.1 Å². The van der Waals surface area contributed by atoms with Gasteiger partial charge in [-0.2, -0.15) is 0 Å². The molecule has 2 aliphatic carbocycles. The molecule has 0 N–H and O–H groups in total. The Bertz CT molecular complexity index is 789. The van der Waals surface area contributed by atoms with Gasteiger partial charge < -0.3 is 24.8 Å². The molecule has 135 valence electrons. The second-order valence-electron chi connectivity index (χ2n) is 7.56. The fourth-order valence-electron chi connectivity index (χ4n) is 4.68. The molecule has 0 aliphatic heterocycles. The molecule has 2 aromatic rings. The molecule has 0 radical (unpaired) electrons. The van der Waals surface area contributed by atoms with Crippen molar-refractivity contribution < 1.29 is 45.4 Å². The second-order valence-corrected chi connectivity index (χ2v) is 35.5. The molecule has 2 aromatic carbocycles. The van der Waals surface area contributed by atoms with Crippen LogP contribution in [0.1, 0.15) is 43.5 Å². The van der Waals surface area contributed by atoms with Gasteiger partial charge in [-0.15, -0.1) is 0 Å². The molecule has 0 aromatic heterocycles. The summed E-state index contributed by atoms with van der Waals surface area (Å²) in [7, 11) is 0. The molecular formula is C22H25Cl2HfSi. The first-order valence-corrected chi connectivity index (χ1v) is 22.2. The van der Waals surface area contributed by atoms with Crippen molar-refractivity contribution in [3.8, 4) is 0 Å². The Morgan fingerprint density at radius 1 is 0.692 bits per heavy atom. The smallest absolute Gasteiger partial charge is 1.00 e. The summed E-state index contributed by atoms with van der Waals surface area (Å²) in [6, 6.07) is 18.3. The maximum absolute atomic E-state index is 2.63. The van der Waals surface area contributed by atoms with Crippen LogP contribution in [-0.2, 0) is 20.6 Å². The van der Waals surface area contributed by atoms with Gasteiger partial charge in [0, 0.05) is 0 Å². The van der Waals surface area contributed by atoms with Gasteiger partial charge in [-0.3, -0.25) is 0 Å². The minimum Gasteiger partial charge on any atom is -1.00 e. The Labute approximate surface area is 178 Å². The van der Waals surface area contributed by atoms with Crippen molar-refractivity contribution in [2.75, 3.05) is 0 Å². The van der Waals surface area contributed by atoms with Crippen LogP contribution in [0.2, 0.25) is 13.1 Å². The van der Waals surface area contributed by atoms with E-state index in [-0.39, 0.29) is 24.8 Å². The van der Waals surface area contributed by atoms with Crippen LogP contribution in [-0.4, -0.2) is 5.98 Å². The van der Waals surface area contributed by atoms with E-state index in [1.54, 1.807) is 22.3 Å². The first kappa shape index (κ1) is 21.9. The van der Waals surface area contributed by atoms with Crippen LogP contribution in [0.25, 0.3) is 12.2 Å². The van der Waals surface area contributed by atoms with Crippen LogP contribution in [0, 0.1) is 0 Å². The molecule has 0 saturated carbocycles. The average Bonchev–Trinajstić information content (AvgIpc) is 3.05. The van der Waals surface area contributed by atoms with Gasteiger partial charge in [0.2, 0.25) is 0 Å². The molecule has 2 atom stereocenters. The molecule has 0 nitrogen and oxygen atoms in total. The number of hydrogen-bond acceptors (Lipinski definition) is 0. The molecule has 26 heavy (non-hydrogen) atoms. The molecule has 0 amide bonds. The summed E-state index contributed by atoms with van der Waals surface area (Å²) < 4.78 is 1.61. The predicted octanol–water partition coefficient (Wildman–Crippen LogP) is -0.0876. The molecular weight excluding hydrogens is 542 g/mol. The summed E-state index contributed by atoms with van der Waals surface area (Å²) in [5.74, 6) is -0.655. The summed E-state index contributed by atoms with van der Waals surface area (Å²) in [6.45, 7) is 10.0. The van der Waals surface area contributed by atoms with E-state index in [4.69, 9.17) is 0 Å². The zero-order chi connectivity index (χ0) is 16.8. The van der Waals surface area contributed by atoms with Crippen LogP contribution in [0.3, 0.4) is 0 Å². The number of halogens is 2. The molecule has 2 aliphatic rings. The van der Waals surface area contributed by atoms with Gasteiger partial charge in [0.1, 0.15) is 0 Å². The second kappa shape index (κ2) is 8.73. The molecule has 4 rings (SSSR count). The number of rotatable bonds is 3. The predicted molar refractivity (Wildman–Crippen MR) is 105 cm³/mol. The van der Waals surface area contributed by atoms with E-state index in [9.17, 15) is 0 Å². The Balaban J connectivity index is 0.00000121. The van der Waals surface area contributed by atoms with Crippen molar-refractivity contribution >= 4 is 18.1 Å². The SMILES string of the molecule is CC1=Cc2ccccc2[CH]1[Hf+2]([CH]1C(C)=Cc2ccccc21)[SiH](C)C.[Cl-].[Cl-]. The van der Waals surface area contributed by atoms with Crippen molar-refractivity contribution in [3.63, 3.8) is 0 Å². The van der Waals surface area contributed by atoms with E-state index < -0.39 is 26.6 Å². The maximum Gasteiger partial charge on any atom is -1.00 e. The quantitative estimate of drug-likeness (QED) is 0.456. The van der Waals surface area contributed by atoms with Crippen molar-refractivity contribution in [2.24, 2.45) is 0 Å². The summed E-state index contributed by atoms with van der Waals surface area (Å²) in [4.78, 5) is 0. The van der Waals surface area contributed by atoms with E-state index in [0.717, 1.165) is 7.35 Å². The summed E-state index contributed by atoms with van der Waals surface area (Å²) in [5.41, 5.74) is 9.58. The third kappa shape index (κ3) is 3.63. The van der Waals surface area contributed by atoms with Crippen LogP contribution >= 0.6 is 0 Å². The van der Waals surface area contributed by atoms with Crippen LogP contribution < -0.4 is 24.8 Å². The van der Waals surface area contributed by atoms with Gasteiger partial charge >= 0.3 is 155 Å². The third-order valence-corrected chi connectivity index (χ3v) is 37.1. The number of fused-ring (bicyclic) bond motifs is 2. The summed E-state index contributed by atoms with van der Waals surface area (Å²) >= 11 is -1.93. The fourth-order valence-corrected chi connectivity index (χ4v) is 37.7. The number of hydrogen-bond donors (Lipinski definition) is 0. The molecule has 2 unspecified atom stereocenters. The first-order chi connectivity index (χ1) is 11.6. The number of benzene rings is 2. The van der Waals surface area contributed by atoms with Crippen molar-refractivity contribution in [2.45, 2.75) is 34.3 Å². The fraction of sp³-hybridized carbons (Fsp3) is 0.273. The molecule has 0 heterocycles. The molecule has 0 saturated heterocycles. The monoisotopic (exact) mass is 567 g/mol. The number of allylic oxidation sites excluding steroid dienone is 2. The average molecular weight is 567 g/mol. The van der Waals surface area contributed by atoms with Gasteiger partial charge in [0.25, 0.3) is 0 Å². The van der Waals surface area contributed by atoms with Gasteiger partial charge in [0.15, 0.2) is 0 Å². The van der Waals surface area contributed by atoms with Gasteiger partial charge in [-0.05, 0) is 0 Å². The normalized spacial score (nSPS) is 19.7. The van der Waals surface area contributed by atoms with E-state index in [0.29, 0.717) is 0 Å². The maximum atomic E-state index is 2.63. The first-order valence-electron chi connectivity index (χ1n) is 8.98. The molecule has 4 heteroatoms. The van der Waals surface area contributed by atoms with E-state index in [2.05, 4.69) is 87.6 Å². The Hall–Kier alpha value is -0.413. The van der Waals surface area contributed by atoms with Crippen LogP contribution in [0.4, 0.5) is 0 Å². The van der Waals surface area contributed by atoms with Crippen molar-refractivity contribution in [3.05, 3.63) is 81.9 Å². The molecule has 0 fully saturated rings. The van der Waals surface area contributed by atoms with Crippen LogP contribution in [0.15, 0.2) is 59.7 Å².